The molecule has 1 aromatic carbocycles. The number of fused-ring (bicyclic) bond motifs is 1. The monoisotopic (exact) mass is 347 g/mol. The fraction of sp³-hybridized carbons (Fsp3) is 0.529. The van der Waals surface area contributed by atoms with Gasteiger partial charge < -0.3 is 4.90 Å². The fourth-order valence-corrected chi connectivity index (χ4v) is 4.26. The van der Waals surface area contributed by atoms with Gasteiger partial charge in [-0.2, -0.15) is 0 Å². The molecule has 0 radical (unpaired) electrons. The maximum atomic E-state index is 14.1. The van der Waals surface area contributed by atoms with Crippen molar-refractivity contribution in [2.24, 2.45) is 0 Å². The van der Waals surface area contributed by atoms with Crippen LogP contribution in [-0.4, -0.2) is 56.6 Å². The number of halogens is 1. The van der Waals surface area contributed by atoms with Crippen LogP contribution < -0.4 is 0 Å². The summed E-state index contributed by atoms with van der Waals surface area (Å²) in [4.78, 5) is 4.94. The van der Waals surface area contributed by atoms with Crippen LogP contribution >= 0.6 is 11.8 Å². The molecule has 0 N–H and O–H groups in total. The summed E-state index contributed by atoms with van der Waals surface area (Å²) in [6.45, 7) is 5.31. The maximum Gasteiger partial charge on any atom is 0.193 e. The first-order valence-electron chi connectivity index (χ1n) is 8.57. The van der Waals surface area contributed by atoms with Gasteiger partial charge in [0.1, 0.15) is 5.82 Å². The highest BCUT2D eigenvalue weighted by Crippen LogP contribution is 2.29. The van der Waals surface area contributed by atoms with Crippen LogP contribution in [-0.2, 0) is 6.67 Å². The fourth-order valence-electron chi connectivity index (χ4n) is 3.36. The molecule has 3 heterocycles. The summed E-state index contributed by atoms with van der Waals surface area (Å²) in [5, 5.41) is 9.34. The van der Waals surface area contributed by atoms with Crippen molar-refractivity contribution >= 4 is 11.8 Å². The number of rotatable bonds is 4. The Morgan fingerprint density at radius 2 is 1.79 bits per heavy atom. The highest BCUT2D eigenvalue weighted by atomic mass is 32.2. The van der Waals surface area contributed by atoms with Crippen molar-refractivity contribution in [3.63, 3.8) is 0 Å². The molecule has 0 saturated carbocycles. The molecule has 2 aliphatic rings. The third kappa shape index (κ3) is 3.34. The predicted octanol–water partition coefficient (Wildman–Crippen LogP) is 2.89. The Bertz CT molecular complexity index is 698. The molecule has 4 rings (SSSR count). The third-order valence-electron chi connectivity index (χ3n) is 4.73. The molecule has 0 bridgehead atoms. The topological polar surface area (TPSA) is 37.2 Å². The summed E-state index contributed by atoms with van der Waals surface area (Å²) < 4.78 is 16.1. The van der Waals surface area contributed by atoms with Crippen molar-refractivity contribution < 1.29 is 4.39 Å². The molecule has 7 heteroatoms. The molecule has 1 fully saturated rings. The van der Waals surface area contributed by atoms with Gasteiger partial charge in [-0.3, -0.25) is 9.47 Å². The van der Waals surface area contributed by atoms with E-state index >= 15 is 0 Å². The second kappa shape index (κ2) is 7.21. The SMILES string of the molecule is Fc1ccccc1-c1nnc2n1CN(CCN1CCCCC1)CS2. The van der Waals surface area contributed by atoms with E-state index in [0.29, 0.717) is 11.4 Å². The summed E-state index contributed by atoms with van der Waals surface area (Å²) in [5.74, 6) is 1.30. The molecule has 5 nitrogen and oxygen atoms in total. The number of hydrogen-bond acceptors (Lipinski definition) is 5. The lowest BCUT2D eigenvalue weighted by Gasteiger charge is -2.32. The number of piperidine rings is 1. The highest BCUT2D eigenvalue weighted by Gasteiger charge is 2.24. The standard InChI is InChI=1S/C17H22FN5S/c18-15-7-3-2-6-14(15)16-19-20-17-23(16)12-22(13-24-17)11-10-21-8-4-1-5-9-21/h2-3,6-7H,1,4-5,8-13H2. The third-order valence-corrected chi connectivity index (χ3v) is 5.78. The summed E-state index contributed by atoms with van der Waals surface area (Å²) in [5.41, 5.74) is 0.523. The first kappa shape index (κ1) is 16.1. The van der Waals surface area contributed by atoms with Gasteiger partial charge in [-0.25, -0.2) is 4.39 Å². The minimum absolute atomic E-state index is 0.247. The molecule has 1 aromatic heterocycles. The molecule has 1 saturated heterocycles. The molecule has 0 unspecified atom stereocenters. The van der Waals surface area contributed by atoms with Gasteiger partial charge in [0.2, 0.25) is 0 Å². The lowest BCUT2D eigenvalue weighted by Crippen LogP contribution is -2.39. The van der Waals surface area contributed by atoms with Gasteiger partial charge in [0.25, 0.3) is 0 Å². The molecule has 0 aliphatic carbocycles. The molecule has 2 aromatic rings. The Hall–Kier alpha value is -1.44. The van der Waals surface area contributed by atoms with Crippen LogP contribution in [0.15, 0.2) is 29.4 Å². The van der Waals surface area contributed by atoms with Gasteiger partial charge in [0, 0.05) is 13.1 Å². The Kier molecular flexibility index (Phi) is 4.82. The summed E-state index contributed by atoms with van der Waals surface area (Å²) in [6, 6.07) is 6.78. The van der Waals surface area contributed by atoms with E-state index in [-0.39, 0.29) is 5.82 Å². The van der Waals surface area contributed by atoms with Crippen LogP contribution in [0.5, 0.6) is 0 Å². The van der Waals surface area contributed by atoms with Gasteiger partial charge in [-0.15, -0.1) is 10.2 Å². The molecule has 0 atom stereocenters. The number of likely N-dealkylation sites (tertiary alicyclic amines) is 1. The van der Waals surface area contributed by atoms with E-state index in [9.17, 15) is 4.39 Å². The van der Waals surface area contributed by atoms with Crippen LogP contribution in [0.25, 0.3) is 11.4 Å². The lowest BCUT2D eigenvalue weighted by molar-refractivity contribution is 0.169. The number of thioether (sulfide) groups is 1. The second-order valence-electron chi connectivity index (χ2n) is 6.43. The van der Waals surface area contributed by atoms with Gasteiger partial charge in [0.15, 0.2) is 11.0 Å². The Labute approximate surface area is 145 Å². The zero-order valence-corrected chi connectivity index (χ0v) is 14.5. The molecular weight excluding hydrogens is 325 g/mol. The molecule has 0 amide bonds. The van der Waals surface area contributed by atoms with Crippen LogP contribution in [0.3, 0.4) is 0 Å². The maximum absolute atomic E-state index is 14.1. The van der Waals surface area contributed by atoms with E-state index in [4.69, 9.17) is 0 Å². The normalized spacial score (nSPS) is 19.4. The minimum atomic E-state index is -0.247. The smallest absolute Gasteiger partial charge is 0.193 e. The lowest BCUT2D eigenvalue weighted by atomic mass is 10.1. The Morgan fingerprint density at radius 3 is 2.62 bits per heavy atom. The van der Waals surface area contributed by atoms with Gasteiger partial charge >= 0.3 is 0 Å². The highest BCUT2D eigenvalue weighted by molar-refractivity contribution is 7.99. The first-order chi connectivity index (χ1) is 11.8. The molecular formula is C17H22FN5S. The van der Waals surface area contributed by atoms with E-state index in [1.54, 1.807) is 23.9 Å². The summed E-state index contributed by atoms with van der Waals surface area (Å²) >= 11 is 1.68. The van der Waals surface area contributed by atoms with E-state index < -0.39 is 0 Å². The zero-order valence-electron chi connectivity index (χ0n) is 13.7. The van der Waals surface area contributed by atoms with E-state index in [0.717, 1.165) is 30.8 Å². The molecule has 2 aliphatic heterocycles. The van der Waals surface area contributed by atoms with Crippen LogP contribution in [0.2, 0.25) is 0 Å². The summed E-state index contributed by atoms with van der Waals surface area (Å²) in [7, 11) is 0. The average molecular weight is 347 g/mol. The predicted molar refractivity (Wildman–Crippen MR) is 93.1 cm³/mol. The van der Waals surface area contributed by atoms with Crippen molar-refractivity contribution in [3.8, 4) is 11.4 Å². The minimum Gasteiger partial charge on any atom is -0.302 e. The van der Waals surface area contributed by atoms with Crippen molar-refractivity contribution in [3.05, 3.63) is 30.1 Å². The van der Waals surface area contributed by atoms with Crippen LogP contribution in [0.1, 0.15) is 19.3 Å². The van der Waals surface area contributed by atoms with Crippen LogP contribution in [0, 0.1) is 5.82 Å². The van der Waals surface area contributed by atoms with Gasteiger partial charge in [0.05, 0.1) is 18.1 Å². The Balaban J connectivity index is 1.46. The second-order valence-corrected chi connectivity index (χ2v) is 7.34. The molecule has 24 heavy (non-hydrogen) atoms. The number of hydrogen-bond donors (Lipinski definition) is 0. The average Bonchev–Trinajstić information content (AvgIpc) is 3.04. The van der Waals surface area contributed by atoms with Crippen LogP contribution in [0.4, 0.5) is 4.39 Å². The molecule has 128 valence electrons. The van der Waals surface area contributed by atoms with E-state index in [1.165, 1.54) is 38.4 Å². The Morgan fingerprint density at radius 1 is 1.00 bits per heavy atom. The van der Waals surface area contributed by atoms with Crippen molar-refractivity contribution in [2.45, 2.75) is 31.1 Å². The van der Waals surface area contributed by atoms with Gasteiger partial charge in [-0.1, -0.05) is 30.3 Å². The van der Waals surface area contributed by atoms with Gasteiger partial charge in [-0.05, 0) is 38.1 Å². The number of aromatic nitrogens is 3. The quantitative estimate of drug-likeness (QED) is 0.850. The zero-order chi connectivity index (χ0) is 16.4. The first-order valence-corrected chi connectivity index (χ1v) is 9.55. The van der Waals surface area contributed by atoms with Crippen molar-refractivity contribution in [1.82, 2.24) is 24.6 Å². The largest absolute Gasteiger partial charge is 0.302 e. The van der Waals surface area contributed by atoms with E-state index in [1.807, 2.05) is 10.6 Å². The summed E-state index contributed by atoms with van der Waals surface area (Å²) in [6.07, 6.45) is 4.01. The molecule has 0 spiro atoms. The number of nitrogens with zero attached hydrogens (tertiary/aromatic N) is 5. The van der Waals surface area contributed by atoms with Crippen molar-refractivity contribution in [2.75, 3.05) is 32.1 Å². The van der Waals surface area contributed by atoms with E-state index in [2.05, 4.69) is 20.0 Å². The number of benzene rings is 1. The van der Waals surface area contributed by atoms with Crippen molar-refractivity contribution in [1.29, 1.82) is 0 Å².